The molecule has 11 heavy (non-hydrogen) atoms. The number of hydrogen-bond donors (Lipinski definition) is 1. The molecule has 1 fully saturated rings. The molecule has 0 aliphatic carbocycles. The Kier molecular flexibility index (Phi) is 2.32. The molecule has 4 heteroatoms. The van der Waals surface area contributed by atoms with Crippen molar-refractivity contribution in [3.8, 4) is 6.19 Å². The highest BCUT2D eigenvalue weighted by Crippen LogP contribution is 2.17. The zero-order chi connectivity index (χ0) is 8.27. The van der Waals surface area contributed by atoms with Gasteiger partial charge >= 0.3 is 0 Å². The van der Waals surface area contributed by atoms with Crippen LogP contribution in [0, 0.1) is 17.4 Å². The Labute approximate surface area is 65.6 Å². The van der Waals surface area contributed by atoms with Crippen molar-refractivity contribution in [2.24, 2.45) is 11.7 Å². The average molecular weight is 153 g/mol. The molecule has 1 atom stereocenters. The van der Waals surface area contributed by atoms with Crippen molar-refractivity contribution in [1.29, 1.82) is 5.26 Å². The number of nitriles is 1. The molecule has 0 aromatic rings. The summed E-state index contributed by atoms with van der Waals surface area (Å²) in [5.41, 5.74) is 5.02. The van der Waals surface area contributed by atoms with Gasteiger partial charge in [0.05, 0.1) is 0 Å². The quantitative estimate of drug-likeness (QED) is 0.552. The normalized spacial score (nSPS) is 23.2. The Bertz CT molecular complexity index is 196. The zero-order valence-electron chi connectivity index (χ0n) is 6.29. The van der Waals surface area contributed by atoms with Crippen LogP contribution in [-0.2, 0) is 4.79 Å². The van der Waals surface area contributed by atoms with Gasteiger partial charge in [-0.2, -0.15) is 5.26 Å². The van der Waals surface area contributed by atoms with Crippen LogP contribution in [0.2, 0.25) is 0 Å². The fraction of sp³-hybridized carbons (Fsp3) is 0.714. The van der Waals surface area contributed by atoms with Gasteiger partial charge in [0.1, 0.15) is 0 Å². The van der Waals surface area contributed by atoms with E-state index in [1.54, 1.807) is 4.90 Å². The SMILES string of the molecule is N#CN1CCC(CC(N)=O)C1. The summed E-state index contributed by atoms with van der Waals surface area (Å²) in [7, 11) is 0. The predicted octanol–water partition coefficient (Wildman–Crippen LogP) is -0.335. The highest BCUT2D eigenvalue weighted by molar-refractivity contribution is 5.74. The molecule has 1 aliphatic heterocycles. The molecule has 1 aliphatic rings. The van der Waals surface area contributed by atoms with E-state index >= 15 is 0 Å². The second-order valence-corrected chi connectivity index (χ2v) is 2.87. The molecule has 0 bridgehead atoms. The Morgan fingerprint density at radius 1 is 1.82 bits per heavy atom. The number of amides is 1. The molecule has 1 amide bonds. The molecule has 1 rings (SSSR count). The van der Waals surface area contributed by atoms with Crippen molar-refractivity contribution < 1.29 is 4.79 Å². The molecule has 0 aromatic carbocycles. The predicted molar refractivity (Wildman–Crippen MR) is 39.1 cm³/mol. The second kappa shape index (κ2) is 3.24. The van der Waals surface area contributed by atoms with Gasteiger partial charge in [0.15, 0.2) is 6.19 Å². The Hall–Kier alpha value is -1.24. The van der Waals surface area contributed by atoms with Crippen molar-refractivity contribution in [1.82, 2.24) is 4.90 Å². The van der Waals surface area contributed by atoms with E-state index in [0.717, 1.165) is 13.0 Å². The average Bonchev–Trinajstić information content (AvgIpc) is 2.34. The fourth-order valence-corrected chi connectivity index (χ4v) is 1.37. The number of primary amides is 1. The van der Waals surface area contributed by atoms with Crippen molar-refractivity contribution in [2.75, 3.05) is 13.1 Å². The number of hydrogen-bond acceptors (Lipinski definition) is 3. The molecule has 0 aromatic heterocycles. The van der Waals surface area contributed by atoms with Gasteiger partial charge in [0.25, 0.3) is 0 Å². The first kappa shape index (κ1) is 7.86. The van der Waals surface area contributed by atoms with Crippen molar-refractivity contribution >= 4 is 5.91 Å². The van der Waals surface area contributed by atoms with Crippen LogP contribution < -0.4 is 5.73 Å². The van der Waals surface area contributed by atoms with Crippen LogP contribution in [0.1, 0.15) is 12.8 Å². The van der Waals surface area contributed by atoms with Gasteiger partial charge in [-0.3, -0.25) is 4.79 Å². The van der Waals surface area contributed by atoms with Crippen LogP contribution in [0.25, 0.3) is 0 Å². The second-order valence-electron chi connectivity index (χ2n) is 2.87. The number of carbonyl (C=O) groups excluding carboxylic acids is 1. The van der Waals surface area contributed by atoms with Crippen LogP contribution in [0.5, 0.6) is 0 Å². The fourth-order valence-electron chi connectivity index (χ4n) is 1.37. The summed E-state index contributed by atoms with van der Waals surface area (Å²) in [6.45, 7) is 1.47. The summed E-state index contributed by atoms with van der Waals surface area (Å²) in [4.78, 5) is 12.1. The first-order valence-electron chi connectivity index (χ1n) is 3.65. The lowest BCUT2D eigenvalue weighted by Crippen LogP contribution is -2.19. The van der Waals surface area contributed by atoms with E-state index in [4.69, 9.17) is 11.0 Å². The summed E-state index contributed by atoms with van der Waals surface area (Å²) in [6, 6.07) is 0. The summed E-state index contributed by atoms with van der Waals surface area (Å²) < 4.78 is 0. The first-order chi connectivity index (χ1) is 5.22. The number of nitrogens with zero attached hydrogens (tertiary/aromatic N) is 2. The van der Waals surface area contributed by atoms with Gasteiger partial charge in [0, 0.05) is 19.5 Å². The number of likely N-dealkylation sites (tertiary alicyclic amines) is 1. The van der Waals surface area contributed by atoms with Gasteiger partial charge in [0.2, 0.25) is 5.91 Å². The summed E-state index contributed by atoms with van der Waals surface area (Å²) in [5.74, 6) is 0.0296. The van der Waals surface area contributed by atoms with Crippen LogP contribution in [0.15, 0.2) is 0 Å². The smallest absolute Gasteiger partial charge is 0.217 e. The van der Waals surface area contributed by atoms with Crippen molar-refractivity contribution in [2.45, 2.75) is 12.8 Å². The molecular formula is C7H11N3O. The Morgan fingerprint density at radius 2 is 2.55 bits per heavy atom. The summed E-state index contributed by atoms with van der Waals surface area (Å²) >= 11 is 0. The summed E-state index contributed by atoms with van der Waals surface area (Å²) in [6.07, 6.45) is 3.38. The van der Waals surface area contributed by atoms with Gasteiger partial charge in [-0.25, -0.2) is 0 Å². The van der Waals surface area contributed by atoms with E-state index in [9.17, 15) is 4.79 Å². The molecule has 60 valence electrons. The minimum absolute atomic E-state index is 0.269. The maximum absolute atomic E-state index is 10.5. The Balaban J connectivity index is 2.31. The lowest BCUT2D eigenvalue weighted by atomic mass is 10.1. The van der Waals surface area contributed by atoms with Gasteiger partial charge in [-0.05, 0) is 12.3 Å². The highest BCUT2D eigenvalue weighted by Gasteiger charge is 2.22. The molecule has 0 spiro atoms. The third kappa shape index (κ3) is 2.11. The van der Waals surface area contributed by atoms with Crippen molar-refractivity contribution in [3.05, 3.63) is 0 Å². The maximum atomic E-state index is 10.5. The first-order valence-corrected chi connectivity index (χ1v) is 3.65. The van der Waals surface area contributed by atoms with Gasteiger partial charge in [-0.15, -0.1) is 0 Å². The molecule has 1 heterocycles. The van der Waals surface area contributed by atoms with E-state index < -0.39 is 0 Å². The van der Waals surface area contributed by atoms with Crippen LogP contribution >= 0.6 is 0 Å². The lowest BCUT2D eigenvalue weighted by molar-refractivity contribution is -0.118. The molecule has 1 saturated heterocycles. The standard InChI is InChI=1S/C7H11N3O/c8-5-10-2-1-6(4-10)3-7(9)11/h6H,1-4H2,(H2,9,11). The van der Waals surface area contributed by atoms with Crippen LogP contribution in [-0.4, -0.2) is 23.9 Å². The molecular weight excluding hydrogens is 142 g/mol. The van der Waals surface area contributed by atoms with Gasteiger partial charge in [-0.1, -0.05) is 0 Å². The van der Waals surface area contributed by atoms with Crippen LogP contribution in [0.4, 0.5) is 0 Å². The minimum Gasteiger partial charge on any atom is -0.370 e. The summed E-state index contributed by atoms with van der Waals surface area (Å²) in [5, 5.41) is 8.48. The maximum Gasteiger partial charge on any atom is 0.217 e. The third-order valence-electron chi connectivity index (χ3n) is 1.92. The van der Waals surface area contributed by atoms with E-state index in [2.05, 4.69) is 0 Å². The zero-order valence-corrected chi connectivity index (χ0v) is 6.29. The van der Waals surface area contributed by atoms with Crippen molar-refractivity contribution in [3.63, 3.8) is 0 Å². The number of nitrogens with two attached hydrogens (primary N) is 1. The largest absolute Gasteiger partial charge is 0.370 e. The van der Waals surface area contributed by atoms with E-state index in [1.807, 2.05) is 6.19 Å². The number of carbonyl (C=O) groups is 1. The van der Waals surface area contributed by atoms with E-state index in [1.165, 1.54) is 0 Å². The number of rotatable bonds is 2. The molecule has 2 N–H and O–H groups in total. The Morgan fingerprint density at radius 3 is 3.00 bits per heavy atom. The molecule has 0 radical (unpaired) electrons. The van der Waals surface area contributed by atoms with E-state index in [-0.39, 0.29) is 5.91 Å². The van der Waals surface area contributed by atoms with Crippen LogP contribution in [0.3, 0.4) is 0 Å². The molecule has 1 unspecified atom stereocenters. The monoisotopic (exact) mass is 153 g/mol. The third-order valence-corrected chi connectivity index (χ3v) is 1.92. The minimum atomic E-state index is -0.269. The molecule has 0 saturated carbocycles. The molecule has 4 nitrogen and oxygen atoms in total. The van der Waals surface area contributed by atoms with E-state index in [0.29, 0.717) is 18.9 Å². The topological polar surface area (TPSA) is 70.1 Å². The lowest BCUT2D eigenvalue weighted by Gasteiger charge is -2.05. The highest BCUT2D eigenvalue weighted by atomic mass is 16.1. The van der Waals surface area contributed by atoms with Gasteiger partial charge < -0.3 is 10.6 Å².